The first-order valence-electron chi connectivity index (χ1n) is 8.98. The van der Waals surface area contributed by atoms with Crippen molar-refractivity contribution in [1.29, 1.82) is 0 Å². The summed E-state index contributed by atoms with van der Waals surface area (Å²) in [6.45, 7) is 0.264. The van der Waals surface area contributed by atoms with Crippen molar-refractivity contribution < 1.29 is 23.6 Å². The zero-order valence-electron chi connectivity index (χ0n) is 15.2. The van der Waals surface area contributed by atoms with Crippen molar-refractivity contribution >= 4 is 35.0 Å². The van der Waals surface area contributed by atoms with Gasteiger partial charge in [0, 0.05) is 24.3 Å². The van der Waals surface area contributed by atoms with Crippen LogP contribution in [0.1, 0.15) is 39.1 Å². The highest BCUT2D eigenvalue weighted by Crippen LogP contribution is 2.29. The van der Waals surface area contributed by atoms with Gasteiger partial charge in [-0.1, -0.05) is 0 Å². The Morgan fingerprint density at radius 2 is 1.83 bits per heavy atom. The van der Waals surface area contributed by atoms with Crippen LogP contribution in [0.25, 0.3) is 0 Å². The van der Waals surface area contributed by atoms with Crippen molar-refractivity contribution in [2.75, 3.05) is 11.1 Å². The first-order chi connectivity index (χ1) is 13.8. The molecule has 1 atom stereocenters. The van der Waals surface area contributed by atoms with E-state index in [2.05, 4.69) is 10.6 Å². The number of benzene rings is 2. The molecule has 148 valence electrons. The highest BCUT2D eigenvalue weighted by atomic mass is 19.1. The summed E-state index contributed by atoms with van der Waals surface area (Å²) < 4.78 is 13.5. The summed E-state index contributed by atoms with van der Waals surface area (Å²) in [6.07, 6.45) is 0.162. The number of anilines is 2. The molecular formula is C20H17FN4O4. The molecule has 0 spiro atoms. The largest absolute Gasteiger partial charge is 0.399 e. The summed E-state index contributed by atoms with van der Waals surface area (Å²) in [4.78, 5) is 49.8. The second-order valence-electron chi connectivity index (χ2n) is 6.95. The number of nitrogen functional groups attached to an aromatic ring is 1. The number of nitrogens with zero attached hydrogens (tertiary/aromatic N) is 1. The number of carbonyl (C=O) groups is 4. The number of halogens is 1. The van der Waals surface area contributed by atoms with Crippen LogP contribution in [-0.4, -0.2) is 34.6 Å². The summed E-state index contributed by atoms with van der Waals surface area (Å²) in [5, 5.41) is 5.22. The molecule has 0 saturated carbocycles. The lowest BCUT2D eigenvalue weighted by molar-refractivity contribution is -0.136. The lowest BCUT2D eigenvalue weighted by Gasteiger charge is -2.27. The molecule has 2 aliphatic rings. The average molecular weight is 396 g/mol. The Kier molecular flexibility index (Phi) is 4.50. The van der Waals surface area contributed by atoms with E-state index in [9.17, 15) is 23.6 Å². The third-order valence-corrected chi connectivity index (χ3v) is 4.92. The van der Waals surface area contributed by atoms with Crippen molar-refractivity contribution in [2.24, 2.45) is 0 Å². The maximum Gasteiger partial charge on any atom is 0.262 e. The highest BCUT2D eigenvalue weighted by Gasteiger charge is 2.44. The van der Waals surface area contributed by atoms with Crippen LogP contribution in [0.5, 0.6) is 0 Å². The summed E-state index contributed by atoms with van der Waals surface area (Å²) >= 11 is 0. The van der Waals surface area contributed by atoms with Gasteiger partial charge in [-0.15, -0.1) is 0 Å². The standard InChI is InChI=1S/C20H17FN4O4/c21-11-5-10(6-12(22)7-11)9-23-13-1-2-14-15(8-13)20(29)25(19(14)28)16-3-4-17(26)24-18(16)27/h1-2,5-8,16,23H,3-4,9,22H2,(H,24,26,27). The number of hydrogen-bond acceptors (Lipinski definition) is 6. The van der Waals surface area contributed by atoms with Gasteiger partial charge in [0.2, 0.25) is 11.8 Å². The van der Waals surface area contributed by atoms with E-state index in [-0.39, 0.29) is 30.5 Å². The van der Waals surface area contributed by atoms with Crippen LogP contribution in [0.2, 0.25) is 0 Å². The molecular weight excluding hydrogens is 379 g/mol. The van der Waals surface area contributed by atoms with Crippen LogP contribution >= 0.6 is 0 Å². The molecule has 1 saturated heterocycles. The third kappa shape index (κ3) is 3.42. The van der Waals surface area contributed by atoms with Gasteiger partial charge >= 0.3 is 0 Å². The van der Waals surface area contributed by atoms with Crippen molar-refractivity contribution in [1.82, 2.24) is 10.2 Å². The topological polar surface area (TPSA) is 122 Å². The number of rotatable bonds is 4. The van der Waals surface area contributed by atoms with E-state index in [0.717, 1.165) is 4.90 Å². The zero-order valence-corrected chi connectivity index (χ0v) is 15.2. The molecule has 2 aromatic carbocycles. The Morgan fingerprint density at radius 1 is 1.07 bits per heavy atom. The van der Waals surface area contributed by atoms with Crippen LogP contribution < -0.4 is 16.4 Å². The maximum absolute atomic E-state index is 13.5. The highest BCUT2D eigenvalue weighted by molar-refractivity contribution is 6.23. The summed E-state index contributed by atoms with van der Waals surface area (Å²) in [5.74, 6) is -2.68. The fraction of sp³-hybridized carbons (Fsp3) is 0.200. The van der Waals surface area contributed by atoms with E-state index in [0.29, 0.717) is 16.9 Å². The second-order valence-corrected chi connectivity index (χ2v) is 6.95. The second kappa shape index (κ2) is 7.01. The maximum atomic E-state index is 13.5. The molecule has 2 aromatic rings. The molecule has 4 amide bonds. The van der Waals surface area contributed by atoms with E-state index in [1.54, 1.807) is 12.1 Å². The third-order valence-electron chi connectivity index (χ3n) is 4.92. The molecule has 4 rings (SSSR count). The fourth-order valence-electron chi connectivity index (χ4n) is 3.56. The van der Waals surface area contributed by atoms with Crippen LogP contribution in [0, 0.1) is 5.82 Å². The fourth-order valence-corrected chi connectivity index (χ4v) is 3.56. The van der Waals surface area contributed by atoms with Gasteiger partial charge in [-0.25, -0.2) is 4.39 Å². The van der Waals surface area contributed by atoms with E-state index in [1.165, 1.54) is 24.3 Å². The number of imide groups is 2. The van der Waals surface area contributed by atoms with Gasteiger partial charge < -0.3 is 11.1 Å². The van der Waals surface area contributed by atoms with Crippen LogP contribution in [0.3, 0.4) is 0 Å². The van der Waals surface area contributed by atoms with E-state index >= 15 is 0 Å². The zero-order chi connectivity index (χ0) is 20.7. The molecule has 0 aromatic heterocycles. The van der Waals surface area contributed by atoms with Gasteiger partial charge in [0.25, 0.3) is 11.8 Å². The Hall–Kier alpha value is -3.75. The Labute approximate surface area is 164 Å². The van der Waals surface area contributed by atoms with Gasteiger partial charge in [-0.3, -0.25) is 29.4 Å². The van der Waals surface area contributed by atoms with E-state index in [4.69, 9.17) is 5.73 Å². The number of hydrogen-bond donors (Lipinski definition) is 3. The summed E-state index contributed by atoms with van der Waals surface area (Å²) in [5.41, 5.74) is 7.47. The molecule has 2 heterocycles. The molecule has 9 heteroatoms. The normalized spacial score (nSPS) is 18.7. The van der Waals surface area contributed by atoms with Gasteiger partial charge in [0.15, 0.2) is 0 Å². The van der Waals surface area contributed by atoms with Gasteiger partial charge in [0.1, 0.15) is 11.9 Å². The first-order valence-corrected chi connectivity index (χ1v) is 8.98. The number of nitrogens with two attached hydrogens (primary N) is 1. The number of fused-ring (bicyclic) bond motifs is 1. The lowest BCUT2D eigenvalue weighted by atomic mass is 10.0. The Bertz CT molecular complexity index is 1050. The summed E-state index contributed by atoms with van der Waals surface area (Å²) in [7, 11) is 0. The molecule has 1 fully saturated rings. The van der Waals surface area contributed by atoms with Crippen LogP contribution in [-0.2, 0) is 16.1 Å². The van der Waals surface area contributed by atoms with Crippen LogP contribution in [0.15, 0.2) is 36.4 Å². The van der Waals surface area contributed by atoms with Crippen LogP contribution in [0.4, 0.5) is 15.8 Å². The SMILES string of the molecule is Nc1cc(F)cc(CNc2ccc3c(c2)C(=O)N(C2CCC(=O)NC2=O)C3=O)c1. The number of piperidine rings is 1. The molecule has 4 N–H and O–H groups in total. The van der Waals surface area contributed by atoms with Gasteiger partial charge in [-0.05, 0) is 48.4 Å². The molecule has 2 aliphatic heterocycles. The Balaban J connectivity index is 1.54. The minimum Gasteiger partial charge on any atom is -0.399 e. The van der Waals surface area contributed by atoms with Crippen molar-refractivity contribution in [3.63, 3.8) is 0 Å². The molecule has 29 heavy (non-hydrogen) atoms. The predicted molar refractivity (Wildman–Crippen MR) is 101 cm³/mol. The Morgan fingerprint density at radius 3 is 2.55 bits per heavy atom. The monoisotopic (exact) mass is 396 g/mol. The molecule has 8 nitrogen and oxygen atoms in total. The van der Waals surface area contributed by atoms with Gasteiger partial charge in [0.05, 0.1) is 11.1 Å². The van der Waals surface area contributed by atoms with E-state index in [1.807, 2.05) is 0 Å². The summed E-state index contributed by atoms with van der Waals surface area (Å²) in [6, 6.07) is 7.83. The smallest absolute Gasteiger partial charge is 0.262 e. The molecule has 0 radical (unpaired) electrons. The van der Waals surface area contributed by atoms with Crippen molar-refractivity contribution in [3.8, 4) is 0 Å². The first kappa shape index (κ1) is 18.6. The predicted octanol–water partition coefficient (Wildman–Crippen LogP) is 1.42. The van der Waals surface area contributed by atoms with Gasteiger partial charge in [-0.2, -0.15) is 0 Å². The average Bonchev–Trinajstić information content (AvgIpc) is 2.90. The molecule has 0 bridgehead atoms. The number of amides is 4. The van der Waals surface area contributed by atoms with E-state index < -0.39 is 35.5 Å². The number of nitrogens with one attached hydrogen (secondary N) is 2. The lowest BCUT2D eigenvalue weighted by Crippen LogP contribution is -2.54. The quantitative estimate of drug-likeness (QED) is 0.531. The van der Waals surface area contributed by atoms with Crippen molar-refractivity contribution in [3.05, 3.63) is 58.9 Å². The number of carbonyl (C=O) groups excluding carboxylic acids is 4. The molecule has 0 aliphatic carbocycles. The van der Waals surface area contributed by atoms with Crippen molar-refractivity contribution in [2.45, 2.75) is 25.4 Å². The minimum atomic E-state index is -1.01. The minimum absolute atomic E-state index is 0.0629. The molecule has 1 unspecified atom stereocenters.